The first kappa shape index (κ1) is 16.1. The fourth-order valence-corrected chi connectivity index (χ4v) is 2.97. The zero-order valence-corrected chi connectivity index (χ0v) is 13.6. The van der Waals surface area contributed by atoms with Gasteiger partial charge in [0.2, 0.25) is 5.95 Å². The van der Waals surface area contributed by atoms with Crippen molar-refractivity contribution in [3.05, 3.63) is 41.0 Å². The predicted octanol–water partition coefficient (Wildman–Crippen LogP) is 4.97. The van der Waals surface area contributed by atoms with Crippen molar-refractivity contribution in [1.82, 2.24) is 9.97 Å². The number of anilines is 1. The summed E-state index contributed by atoms with van der Waals surface area (Å²) in [6, 6.07) is 8.36. The molecule has 3 nitrogen and oxygen atoms in total. The first-order chi connectivity index (χ1) is 11.0. The third-order valence-corrected chi connectivity index (χ3v) is 4.29. The molecule has 122 valence electrons. The molecule has 3 rings (SSSR count). The summed E-state index contributed by atoms with van der Waals surface area (Å²) < 4.78 is 26.4. The van der Waals surface area contributed by atoms with E-state index in [9.17, 15) is 8.78 Å². The van der Waals surface area contributed by atoms with E-state index >= 15 is 0 Å². The Hall–Kier alpha value is -1.75. The van der Waals surface area contributed by atoms with Gasteiger partial charge in [0.1, 0.15) is 5.69 Å². The van der Waals surface area contributed by atoms with Crippen LogP contribution in [0.5, 0.6) is 0 Å². The first-order valence-electron chi connectivity index (χ1n) is 7.71. The number of hydrogen-bond acceptors (Lipinski definition) is 3. The van der Waals surface area contributed by atoms with Crippen LogP contribution in [0.2, 0.25) is 5.02 Å². The van der Waals surface area contributed by atoms with Crippen LogP contribution in [0, 0.1) is 5.92 Å². The summed E-state index contributed by atoms with van der Waals surface area (Å²) in [5.41, 5.74) is 1.02. The van der Waals surface area contributed by atoms with Gasteiger partial charge in [-0.2, -0.15) is 0 Å². The third kappa shape index (κ3) is 3.78. The topological polar surface area (TPSA) is 29.0 Å². The largest absolute Gasteiger partial charge is 0.341 e. The lowest BCUT2D eigenvalue weighted by molar-refractivity contribution is 0.146. The summed E-state index contributed by atoms with van der Waals surface area (Å²) in [5.74, 6) is 0.904. The molecular weight excluding hydrogens is 320 g/mol. The van der Waals surface area contributed by atoms with Crippen molar-refractivity contribution in [2.75, 3.05) is 18.0 Å². The second-order valence-corrected chi connectivity index (χ2v) is 6.42. The Labute approximate surface area is 139 Å². The van der Waals surface area contributed by atoms with E-state index in [4.69, 9.17) is 11.6 Å². The molecule has 23 heavy (non-hydrogen) atoms. The number of rotatable bonds is 3. The standard InChI is InChI=1S/C17H18ClF2N3/c1-11-3-2-8-23(10-11)17-21-14(9-15(22-17)16(19)20)12-4-6-13(18)7-5-12/h4-7,9,11,16H,2-3,8,10H2,1H3/t11-/m0/s1. The number of hydrogen-bond donors (Lipinski definition) is 0. The van der Waals surface area contributed by atoms with E-state index in [1.807, 2.05) is 4.90 Å². The minimum absolute atomic E-state index is 0.238. The van der Waals surface area contributed by atoms with Crippen LogP contribution in [0.1, 0.15) is 31.9 Å². The van der Waals surface area contributed by atoms with Crippen LogP contribution in [0.4, 0.5) is 14.7 Å². The Kier molecular flexibility index (Phi) is 4.76. The molecule has 1 fully saturated rings. The molecule has 0 saturated carbocycles. The molecule has 0 amide bonds. The van der Waals surface area contributed by atoms with E-state index in [0.29, 0.717) is 22.6 Å². The molecule has 2 heterocycles. The van der Waals surface area contributed by atoms with Crippen LogP contribution in [0.3, 0.4) is 0 Å². The van der Waals surface area contributed by atoms with Crippen LogP contribution in [0.25, 0.3) is 11.3 Å². The van der Waals surface area contributed by atoms with E-state index in [1.54, 1.807) is 24.3 Å². The quantitative estimate of drug-likeness (QED) is 0.791. The smallest absolute Gasteiger partial charge is 0.280 e. The highest BCUT2D eigenvalue weighted by Crippen LogP contribution is 2.28. The Balaban J connectivity index is 2.00. The van der Waals surface area contributed by atoms with Crippen molar-refractivity contribution < 1.29 is 8.78 Å². The molecule has 1 atom stereocenters. The van der Waals surface area contributed by atoms with Gasteiger partial charge in [0, 0.05) is 23.7 Å². The molecule has 1 aromatic carbocycles. The minimum Gasteiger partial charge on any atom is -0.341 e. The number of benzene rings is 1. The Bertz CT molecular complexity index is 676. The summed E-state index contributed by atoms with van der Waals surface area (Å²) in [6.07, 6.45) is -0.445. The van der Waals surface area contributed by atoms with Crippen molar-refractivity contribution in [2.45, 2.75) is 26.2 Å². The van der Waals surface area contributed by atoms with Crippen molar-refractivity contribution in [3.8, 4) is 11.3 Å². The van der Waals surface area contributed by atoms with Crippen LogP contribution < -0.4 is 4.90 Å². The molecule has 1 saturated heterocycles. The summed E-state index contributed by atoms with van der Waals surface area (Å²) >= 11 is 5.89. The number of alkyl halides is 2. The number of piperidine rings is 1. The third-order valence-electron chi connectivity index (χ3n) is 4.04. The highest BCUT2D eigenvalue weighted by molar-refractivity contribution is 6.30. The van der Waals surface area contributed by atoms with Gasteiger partial charge in [0.05, 0.1) is 5.69 Å². The Morgan fingerprint density at radius 2 is 1.96 bits per heavy atom. The average Bonchev–Trinajstić information content (AvgIpc) is 2.55. The molecule has 0 bridgehead atoms. The molecule has 2 aromatic rings. The zero-order valence-electron chi connectivity index (χ0n) is 12.8. The first-order valence-corrected chi connectivity index (χ1v) is 8.09. The normalized spacial score (nSPS) is 18.5. The van der Waals surface area contributed by atoms with E-state index in [1.165, 1.54) is 6.07 Å². The second kappa shape index (κ2) is 6.79. The molecule has 0 unspecified atom stereocenters. The summed E-state index contributed by atoms with van der Waals surface area (Å²) in [6.45, 7) is 3.76. The van der Waals surface area contributed by atoms with Gasteiger partial charge in [-0.15, -0.1) is 0 Å². The molecule has 1 aromatic heterocycles. The minimum atomic E-state index is -2.62. The lowest BCUT2D eigenvalue weighted by Crippen LogP contribution is -2.35. The summed E-state index contributed by atoms with van der Waals surface area (Å²) in [7, 11) is 0. The fraction of sp³-hybridized carbons (Fsp3) is 0.412. The van der Waals surface area contributed by atoms with E-state index in [-0.39, 0.29) is 5.69 Å². The van der Waals surface area contributed by atoms with E-state index < -0.39 is 6.43 Å². The second-order valence-electron chi connectivity index (χ2n) is 5.98. The molecule has 0 radical (unpaired) electrons. The molecule has 0 spiro atoms. The highest BCUT2D eigenvalue weighted by Gasteiger charge is 2.21. The number of aromatic nitrogens is 2. The molecule has 1 aliphatic heterocycles. The number of halogens is 3. The Morgan fingerprint density at radius 3 is 2.61 bits per heavy atom. The molecule has 0 N–H and O–H groups in total. The van der Waals surface area contributed by atoms with Crippen LogP contribution in [-0.4, -0.2) is 23.1 Å². The Morgan fingerprint density at radius 1 is 1.22 bits per heavy atom. The van der Waals surface area contributed by atoms with Gasteiger partial charge >= 0.3 is 0 Å². The zero-order chi connectivity index (χ0) is 16.4. The van der Waals surface area contributed by atoms with Gasteiger partial charge in [-0.3, -0.25) is 0 Å². The highest BCUT2D eigenvalue weighted by atomic mass is 35.5. The predicted molar refractivity (Wildman–Crippen MR) is 88.0 cm³/mol. The van der Waals surface area contributed by atoms with E-state index in [0.717, 1.165) is 31.5 Å². The average molecular weight is 338 g/mol. The van der Waals surface area contributed by atoms with Crippen LogP contribution in [-0.2, 0) is 0 Å². The van der Waals surface area contributed by atoms with E-state index in [2.05, 4.69) is 16.9 Å². The van der Waals surface area contributed by atoms with Gasteiger partial charge in [0.15, 0.2) is 0 Å². The SMILES string of the molecule is C[C@H]1CCCN(c2nc(-c3ccc(Cl)cc3)cc(C(F)F)n2)C1. The van der Waals surface area contributed by atoms with Crippen molar-refractivity contribution in [2.24, 2.45) is 5.92 Å². The van der Waals surface area contributed by atoms with Gasteiger partial charge in [-0.05, 0) is 37.0 Å². The van der Waals surface area contributed by atoms with Crippen molar-refractivity contribution >= 4 is 17.5 Å². The maximum Gasteiger partial charge on any atom is 0.280 e. The molecule has 6 heteroatoms. The van der Waals surface area contributed by atoms with Crippen molar-refractivity contribution in [3.63, 3.8) is 0 Å². The van der Waals surface area contributed by atoms with Gasteiger partial charge in [-0.1, -0.05) is 30.7 Å². The monoisotopic (exact) mass is 337 g/mol. The van der Waals surface area contributed by atoms with Crippen LogP contribution in [0.15, 0.2) is 30.3 Å². The van der Waals surface area contributed by atoms with Crippen LogP contribution >= 0.6 is 11.6 Å². The van der Waals surface area contributed by atoms with Crippen molar-refractivity contribution in [1.29, 1.82) is 0 Å². The summed E-state index contributed by atoms with van der Waals surface area (Å²) in [4.78, 5) is 10.6. The summed E-state index contributed by atoms with van der Waals surface area (Å²) in [5, 5.41) is 0.599. The fourth-order valence-electron chi connectivity index (χ4n) is 2.85. The van der Waals surface area contributed by atoms with Gasteiger partial charge < -0.3 is 4.90 Å². The lowest BCUT2D eigenvalue weighted by atomic mass is 10.0. The van der Waals surface area contributed by atoms with Gasteiger partial charge in [0.25, 0.3) is 6.43 Å². The molecular formula is C17H18ClF2N3. The van der Waals surface area contributed by atoms with Gasteiger partial charge in [-0.25, -0.2) is 18.7 Å². The number of nitrogens with zero attached hydrogens (tertiary/aromatic N) is 3. The molecule has 1 aliphatic rings. The maximum atomic E-state index is 13.2. The maximum absolute atomic E-state index is 13.2. The molecule has 0 aliphatic carbocycles. The lowest BCUT2D eigenvalue weighted by Gasteiger charge is -2.31.